The van der Waals surface area contributed by atoms with Crippen LogP contribution in [0.5, 0.6) is 5.75 Å². The maximum atomic E-state index is 13.3. The number of fused-ring (bicyclic) bond motifs is 2. The molecule has 1 aliphatic carbocycles. The molecular weight excluding hydrogens is 366 g/mol. The molecule has 5 nitrogen and oxygen atoms in total. The van der Waals surface area contributed by atoms with Crippen molar-refractivity contribution in [3.63, 3.8) is 0 Å². The molecule has 2 spiro atoms. The Labute approximate surface area is 173 Å². The van der Waals surface area contributed by atoms with Crippen LogP contribution in [0, 0.1) is 16.7 Å². The Morgan fingerprint density at radius 1 is 1.14 bits per heavy atom. The number of rotatable bonds is 4. The molecule has 1 aromatic carbocycles. The summed E-state index contributed by atoms with van der Waals surface area (Å²) in [6.07, 6.45) is 5.23. The van der Waals surface area contributed by atoms with Crippen molar-refractivity contribution in [3.05, 3.63) is 29.8 Å². The summed E-state index contributed by atoms with van der Waals surface area (Å²) < 4.78 is 19.0. The van der Waals surface area contributed by atoms with Gasteiger partial charge in [-0.25, -0.2) is 0 Å². The van der Waals surface area contributed by atoms with Crippen LogP contribution in [0.2, 0.25) is 0 Å². The smallest absolute Gasteiger partial charge is 0.321 e. The van der Waals surface area contributed by atoms with Crippen molar-refractivity contribution in [2.75, 3.05) is 19.8 Å². The van der Waals surface area contributed by atoms with Crippen LogP contribution in [-0.4, -0.2) is 37.6 Å². The molecule has 0 radical (unpaired) electrons. The molecule has 29 heavy (non-hydrogen) atoms. The van der Waals surface area contributed by atoms with E-state index in [1.165, 1.54) is 12.8 Å². The van der Waals surface area contributed by atoms with Crippen LogP contribution in [0.25, 0.3) is 0 Å². The summed E-state index contributed by atoms with van der Waals surface area (Å²) in [5.41, 5.74) is 0.655. The van der Waals surface area contributed by atoms with Crippen LogP contribution in [0.15, 0.2) is 24.3 Å². The fraction of sp³-hybridized carbons (Fsp3) is 0.708. The van der Waals surface area contributed by atoms with Gasteiger partial charge in [-0.1, -0.05) is 58.2 Å². The maximum Gasteiger partial charge on any atom is 0.321 e. The number of nitrogens with one attached hydrogen (secondary N) is 1. The van der Waals surface area contributed by atoms with Crippen molar-refractivity contribution in [1.29, 1.82) is 0 Å². The molecule has 0 bridgehead atoms. The number of para-hydroxylation sites is 1. The molecule has 0 aromatic heterocycles. The van der Waals surface area contributed by atoms with E-state index in [1.54, 1.807) is 0 Å². The summed E-state index contributed by atoms with van der Waals surface area (Å²) in [5.74, 6) is 0.231. The summed E-state index contributed by atoms with van der Waals surface area (Å²) >= 11 is 0. The highest BCUT2D eigenvalue weighted by molar-refractivity contribution is 5.86. The second-order valence-electron chi connectivity index (χ2n) is 10.2. The Balaban J connectivity index is 1.55. The van der Waals surface area contributed by atoms with E-state index in [0.717, 1.165) is 24.8 Å². The fourth-order valence-corrected chi connectivity index (χ4v) is 5.99. The van der Waals surface area contributed by atoms with E-state index < -0.39 is 11.2 Å². The highest BCUT2D eigenvalue weighted by atomic mass is 16.7. The maximum absolute atomic E-state index is 13.3. The second-order valence-corrected chi connectivity index (χ2v) is 10.2. The van der Waals surface area contributed by atoms with E-state index >= 15 is 0 Å². The summed E-state index contributed by atoms with van der Waals surface area (Å²) in [6, 6.07) is 8.04. The number of carbonyl (C=O) groups is 1. The van der Waals surface area contributed by atoms with Crippen molar-refractivity contribution in [3.8, 4) is 5.75 Å². The van der Waals surface area contributed by atoms with Crippen molar-refractivity contribution in [1.82, 2.24) is 5.32 Å². The lowest BCUT2D eigenvalue weighted by Gasteiger charge is -2.65. The highest BCUT2D eigenvalue weighted by Gasteiger charge is 2.71. The second kappa shape index (κ2) is 6.79. The summed E-state index contributed by atoms with van der Waals surface area (Å²) in [6.45, 7) is 8.66. The summed E-state index contributed by atoms with van der Waals surface area (Å²) in [4.78, 5) is 13.3. The molecule has 3 heterocycles. The zero-order chi connectivity index (χ0) is 20.3. The molecule has 0 amide bonds. The van der Waals surface area contributed by atoms with Crippen LogP contribution >= 0.6 is 0 Å². The van der Waals surface area contributed by atoms with Gasteiger partial charge in [0.2, 0.25) is 0 Å². The number of esters is 1. The van der Waals surface area contributed by atoms with Gasteiger partial charge in [-0.2, -0.15) is 0 Å². The van der Waals surface area contributed by atoms with Crippen LogP contribution in [0.4, 0.5) is 0 Å². The van der Waals surface area contributed by atoms with Crippen LogP contribution < -0.4 is 10.1 Å². The average Bonchev–Trinajstić information content (AvgIpc) is 2.67. The Morgan fingerprint density at radius 2 is 1.90 bits per heavy atom. The van der Waals surface area contributed by atoms with Gasteiger partial charge in [0, 0.05) is 36.3 Å². The van der Waals surface area contributed by atoms with Crippen molar-refractivity contribution >= 4 is 5.97 Å². The minimum atomic E-state index is -0.625. The zero-order valence-electron chi connectivity index (χ0n) is 17.8. The van der Waals surface area contributed by atoms with Gasteiger partial charge in [0.05, 0.1) is 13.2 Å². The topological polar surface area (TPSA) is 56.8 Å². The van der Waals surface area contributed by atoms with Crippen LogP contribution in [-0.2, 0) is 14.3 Å². The number of hydrogen-bond acceptors (Lipinski definition) is 5. The van der Waals surface area contributed by atoms with Crippen molar-refractivity contribution < 1.29 is 19.0 Å². The normalized spacial score (nSPS) is 36.4. The Kier molecular flexibility index (Phi) is 4.57. The van der Waals surface area contributed by atoms with Gasteiger partial charge >= 0.3 is 5.97 Å². The Morgan fingerprint density at radius 3 is 2.59 bits per heavy atom. The summed E-state index contributed by atoms with van der Waals surface area (Å²) in [5, 5.41) is 3.61. The van der Waals surface area contributed by atoms with E-state index in [2.05, 4.69) is 32.2 Å². The standard InChI is InChI=1S/C24H33NO4/c1-4-5-6-10-17-20-23(13-25-20)18(12-24(17)27-14-22(2,3)15-28-24)16-9-7-8-11-19(16)29-21(23)26/h7-9,11,17-18,20,25H,4-6,10,12-15H2,1-3H3. The SMILES string of the molecule is CCCCCC1C2NCC23C(=O)Oc2ccccc2C3CC12OCC(C)(C)CO2. The summed E-state index contributed by atoms with van der Waals surface area (Å²) in [7, 11) is 0. The lowest BCUT2D eigenvalue weighted by Crippen LogP contribution is -2.79. The Hall–Kier alpha value is -1.43. The van der Waals surface area contributed by atoms with E-state index in [0.29, 0.717) is 25.5 Å². The zero-order valence-corrected chi connectivity index (χ0v) is 17.8. The first-order valence-electron chi connectivity index (χ1n) is 11.2. The third-order valence-electron chi connectivity index (χ3n) is 7.66. The molecule has 1 saturated carbocycles. The van der Waals surface area contributed by atoms with E-state index in [9.17, 15) is 4.79 Å². The first-order valence-corrected chi connectivity index (χ1v) is 11.2. The molecule has 4 aliphatic rings. The van der Waals surface area contributed by atoms with Crippen LogP contribution in [0.3, 0.4) is 0 Å². The van der Waals surface area contributed by atoms with Gasteiger partial charge < -0.3 is 19.5 Å². The third-order valence-corrected chi connectivity index (χ3v) is 7.66. The van der Waals surface area contributed by atoms with Gasteiger partial charge in [0.25, 0.3) is 0 Å². The molecule has 1 N–H and O–H groups in total. The van der Waals surface area contributed by atoms with E-state index in [4.69, 9.17) is 14.2 Å². The van der Waals surface area contributed by atoms with Gasteiger partial charge in [-0.05, 0) is 18.1 Å². The first-order chi connectivity index (χ1) is 13.9. The first kappa shape index (κ1) is 19.5. The number of carbonyl (C=O) groups excluding carboxylic acids is 1. The van der Waals surface area contributed by atoms with Crippen LogP contribution in [0.1, 0.15) is 64.4 Å². The minimum Gasteiger partial charge on any atom is -0.426 e. The number of hydrogen-bond donors (Lipinski definition) is 1. The molecule has 158 valence electrons. The predicted molar refractivity (Wildman–Crippen MR) is 110 cm³/mol. The fourth-order valence-electron chi connectivity index (χ4n) is 5.99. The molecule has 3 fully saturated rings. The van der Waals surface area contributed by atoms with Gasteiger partial charge in [-0.3, -0.25) is 4.79 Å². The van der Waals surface area contributed by atoms with E-state index in [-0.39, 0.29) is 29.3 Å². The molecule has 5 heteroatoms. The molecular formula is C24H33NO4. The van der Waals surface area contributed by atoms with Gasteiger partial charge in [0.15, 0.2) is 5.79 Å². The number of ether oxygens (including phenoxy) is 3. The highest BCUT2D eigenvalue weighted by Crippen LogP contribution is 2.63. The molecule has 5 rings (SSSR count). The third kappa shape index (κ3) is 2.81. The number of unbranched alkanes of at least 4 members (excludes halogenated alkanes) is 2. The van der Waals surface area contributed by atoms with E-state index in [1.807, 2.05) is 18.2 Å². The van der Waals surface area contributed by atoms with Gasteiger partial charge in [-0.15, -0.1) is 0 Å². The molecule has 1 aromatic rings. The molecule has 2 saturated heterocycles. The average molecular weight is 400 g/mol. The van der Waals surface area contributed by atoms with Crippen molar-refractivity contribution in [2.45, 2.75) is 70.6 Å². The molecule has 3 aliphatic heterocycles. The monoisotopic (exact) mass is 399 g/mol. The largest absolute Gasteiger partial charge is 0.426 e. The predicted octanol–water partition coefficient (Wildman–Crippen LogP) is 4.02. The molecule has 4 unspecified atom stereocenters. The lowest BCUT2D eigenvalue weighted by molar-refractivity contribution is -0.353. The molecule has 4 atom stereocenters. The van der Waals surface area contributed by atoms with Gasteiger partial charge in [0.1, 0.15) is 11.2 Å². The quantitative estimate of drug-likeness (QED) is 0.471. The van der Waals surface area contributed by atoms with Crippen molar-refractivity contribution in [2.24, 2.45) is 16.7 Å². The number of benzene rings is 1. The Bertz CT molecular complexity index is 796. The lowest BCUT2D eigenvalue weighted by atomic mass is 9.50. The minimum absolute atomic E-state index is 0.0181.